The Bertz CT molecular complexity index is 740. The van der Waals surface area contributed by atoms with Crippen molar-refractivity contribution in [3.05, 3.63) is 58.9 Å². The molecule has 1 aliphatic rings. The first-order valence-electron chi connectivity index (χ1n) is 7.43. The Labute approximate surface area is 129 Å². The van der Waals surface area contributed by atoms with Crippen LogP contribution in [0.1, 0.15) is 36.4 Å². The lowest BCUT2D eigenvalue weighted by Crippen LogP contribution is -2.23. The number of aryl methyl sites for hydroxylation is 1. The Hall–Kier alpha value is -2.74. The van der Waals surface area contributed by atoms with E-state index in [9.17, 15) is 5.26 Å². The Morgan fingerprint density at radius 1 is 1.36 bits per heavy atom. The maximum absolute atomic E-state index is 9.46. The molecular weight excluding hydrogens is 276 g/mol. The highest BCUT2D eigenvalue weighted by molar-refractivity contribution is 5.57. The first-order chi connectivity index (χ1) is 10.7. The molecule has 2 heterocycles. The molecule has 0 saturated carbocycles. The van der Waals surface area contributed by atoms with Crippen LogP contribution in [0, 0.1) is 11.3 Å². The zero-order valence-electron chi connectivity index (χ0n) is 12.5. The van der Waals surface area contributed by atoms with E-state index >= 15 is 0 Å². The van der Waals surface area contributed by atoms with E-state index in [1.54, 1.807) is 0 Å². The lowest BCUT2D eigenvalue weighted by atomic mass is 9.87. The van der Waals surface area contributed by atoms with Crippen LogP contribution < -0.4 is 11.1 Å². The van der Waals surface area contributed by atoms with Crippen molar-refractivity contribution < 1.29 is 4.42 Å². The van der Waals surface area contributed by atoms with Gasteiger partial charge in [-0.1, -0.05) is 37.3 Å². The third kappa shape index (κ3) is 2.56. The first-order valence-corrected chi connectivity index (χ1v) is 7.43. The summed E-state index contributed by atoms with van der Waals surface area (Å²) < 4.78 is 5.73. The SMILES string of the molecule is CCCc1nc2c(o1)NC(N)=C(C#N)C2Cc1ccccc1. The molecule has 0 spiro atoms. The standard InChI is InChI=1S/C17H18N4O/c1-2-6-14-20-15-12(9-11-7-4-3-5-8-11)13(10-18)16(19)21-17(15)22-14/h3-5,7-8,12,21H,2,6,9,19H2,1H3. The number of oxazole rings is 1. The average molecular weight is 294 g/mol. The number of fused-ring (bicyclic) bond motifs is 1. The van der Waals surface area contributed by atoms with Crippen molar-refractivity contribution in [2.75, 3.05) is 5.32 Å². The number of hydrogen-bond donors (Lipinski definition) is 2. The van der Waals surface area contributed by atoms with E-state index in [0.29, 0.717) is 29.6 Å². The molecule has 5 nitrogen and oxygen atoms in total. The van der Waals surface area contributed by atoms with E-state index in [-0.39, 0.29) is 5.92 Å². The number of rotatable bonds is 4. The van der Waals surface area contributed by atoms with Crippen LogP contribution in [0.3, 0.4) is 0 Å². The summed E-state index contributed by atoms with van der Waals surface area (Å²) in [6, 6.07) is 12.2. The summed E-state index contributed by atoms with van der Waals surface area (Å²) in [5, 5.41) is 12.4. The molecule has 1 aliphatic heterocycles. The van der Waals surface area contributed by atoms with E-state index in [2.05, 4.69) is 23.3 Å². The number of anilines is 1. The molecule has 0 bridgehead atoms. The molecule has 3 N–H and O–H groups in total. The molecule has 1 aromatic heterocycles. The molecule has 3 rings (SSSR count). The van der Waals surface area contributed by atoms with E-state index in [1.807, 2.05) is 30.3 Å². The fraction of sp³-hybridized carbons (Fsp3) is 0.294. The van der Waals surface area contributed by atoms with Gasteiger partial charge < -0.3 is 15.5 Å². The summed E-state index contributed by atoms with van der Waals surface area (Å²) in [7, 11) is 0. The Kier molecular flexibility index (Phi) is 3.84. The molecule has 0 fully saturated rings. The molecule has 0 amide bonds. The van der Waals surface area contributed by atoms with Crippen molar-refractivity contribution in [1.82, 2.24) is 4.98 Å². The zero-order chi connectivity index (χ0) is 15.5. The maximum atomic E-state index is 9.46. The van der Waals surface area contributed by atoms with Crippen LogP contribution in [0.5, 0.6) is 0 Å². The molecule has 1 unspecified atom stereocenters. The van der Waals surface area contributed by atoms with Crippen LogP contribution in [0.4, 0.5) is 5.88 Å². The first kappa shape index (κ1) is 14.2. The molecule has 0 radical (unpaired) electrons. The normalized spacial score (nSPS) is 16.8. The van der Waals surface area contributed by atoms with Crippen LogP contribution in [0.15, 0.2) is 46.1 Å². The second-order valence-corrected chi connectivity index (χ2v) is 5.38. The topological polar surface area (TPSA) is 87.9 Å². The number of nitriles is 1. The van der Waals surface area contributed by atoms with Gasteiger partial charge in [-0.15, -0.1) is 0 Å². The van der Waals surface area contributed by atoms with E-state index < -0.39 is 0 Å². The van der Waals surface area contributed by atoms with Gasteiger partial charge in [0.15, 0.2) is 5.89 Å². The van der Waals surface area contributed by atoms with Crippen molar-refractivity contribution >= 4 is 5.88 Å². The van der Waals surface area contributed by atoms with Crippen molar-refractivity contribution in [3.8, 4) is 6.07 Å². The van der Waals surface area contributed by atoms with Gasteiger partial charge in [0.1, 0.15) is 11.5 Å². The number of hydrogen-bond acceptors (Lipinski definition) is 5. The average Bonchev–Trinajstić information content (AvgIpc) is 2.91. The van der Waals surface area contributed by atoms with Gasteiger partial charge in [-0.2, -0.15) is 5.26 Å². The van der Waals surface area contributed by atoms with E-state index in [0.717, 1.165) is 24.1 Å². The monoisotopic (exact) mass is 294 g/mol. The largest absolute Gasteiger partial charge is 0.425 e. The molecule has 0 aliphatic carbocycles. The van der Waals surface area contributed by atoms with Gasteiger partial charge in [-0.3, -0.25) is 0 Å². The minimum Gasteiger partial charge on any atom is -0.425 e. The van der Waals surface area contributed by atoms with Gasteiger partial charge >= 0.3 is 0 Å². The smallest absolute Gasteiger partial charge is 0.223 e. The quantitative estimate of drug-likeness (QED) is 0.904. The van der Waals surface area contributed by atoms with Crippen molar-refractivity contribution in [1.29, 1.82) is 5.26 Å². The van der Waals surface area contributed by atoms with Gasteiger partial charge in [-0.25, -0.2) is 4.98 Å². The highest BCUT2D eigenvalue weighted by Crippen LogP contribution is 2.38. The number of nitrogens with one attached hydrogen (secondary N) is 1. The molecule has 5 heteroatoms. The second-order valence-electron chi connectivity index (χ2n) is 5.38. The fourth-order valence-corrected chi connectivity index (χ4v) is 2.73. The summed E-state index contributed by atoms with van der Waals surface area (Å²) in [5.41, 5.74) is 8.43. The molecule has 22 heavy (non-hydrogen) atoms. The van der Waals surface area contributed by atoms with Crippen molar-refractivity contribution in [2.24, 2.45) is 5.73 Å². The maximum Gasteiger partial charge on any atom is 0.223 e. The minimum atomic E-state index is -0.169. The van der Waals surface area contributed by atoms with E-state index in [1.165, 1.54) is 0 Å². The van der Waals surface area contributed by atoms with Crippen molar-refractivity contribution in [2.45, 2.75) is 32.1 Å². The molecule has 1 atom stereocenters. The fourth-order valence-electron chi connectivity index (χ4n) is 2.73. The highest BCUT2D eigenvalue weighted by atomic mass is 16.4. The molecular formula is C17H18N4O. The number of nitrogens with zero attached hydrogens (tertiary/aromatic N) is 2. The van der Waals surface area contributed by atoms with Crippen LogP contribution in [-0.2, 0) is 12.8 Å². The van der Waals surface area contributed by atoms with Gasteiger partial charge in [-0.05, 0) is 18.4 Å². The summed E-state index contributed by atoms with van der Waals surface area (Å²) in [6.07, 6.45) is 2.41. The number of allylic oxidation sites excluding steroid dienone is 1. The summed E-state index contributed by atoms with van der Waals surface area (Å²) >= 11 is 0. The third-order valence-electron chi connectivity index (χ3n) is 3.78. The third-order valence-corrected chi connectivity index (χ3v) is 3.78. The predicted molar refractivity (Wildman–Crippen MR) is 83.8 cm³/mol. The number of nitrogens with two attached hydrogens (primary N) is 1. The molecule has 0 saturated heterocycles. The van der Waals surface area contributed by atoms with Gasteiger partial charge in [0.05, 0.1) is 11.6 Å². The summed E-state index contributed by atoms with van der Waals surface area (Å²) in [6.45, 7) is 2.07. The predicted octanol–water partition coefficient (Wildman–Crippen LogP) is 3.07. The minimum absolute atomic E-state index is 0.169. The van der Waals surface area contributed by atoms with Gasteiger partial charge in [0.25, 0.3) is 0 Å². The Morgan fingerprint density at radius 2 is 2.14 bits per heavy atom. The molecule has 2 aromatic rings. The van der Waals surface area contributed by atoms with Crippen LogP contribution >= 0.6 is 0 Å². The lowest BCUT2D eigenvalue weighted by Gasteiger charge is -2.22. The van der Waals surface area contributed by atoms with Crippen LogP contribution in [-0.4, -0.2) is 4.98 Å². The molecule has 1 aromatic carbocycles. The summed E-state index contributed by atoms with van der Waals surface area (Å²) in [5.74, 6) is 1.44. The number of benzene rings is 1. The second kappa shape index (κ2) is 5.94. The Morgan fingerprint density at radius 3 is 2.82 bits per heavy atom. The van der Waals surface area contributed by atoms with Crippen LogP contribution in [0.2, 0.25) is 0 Å². The number of aromatic nitrogens is 1. The van der Waals surface area contributed by atoms with E-state index in [4.69, 9.17) is 10.2 Å². The van der Waals surface area contributed by atoms with Crippen LogP contribution in [0.25, 0.3) is 0 Å². The van der Waals surface area contributed by atoms with Crippen molar-refractivity contribution in [3.63, 3.8) is 0 Å². The highest BCUT2D eigenvalue weighted by Gasteiger charge is 2.32. The molecule has 112 valence electrons. The Balaban J connectivity index is 2.00. The van der Waals surface area contributed by atoms with Gasteiger partial charge in [0.2, 0.25) is 5.88 Å². The zero-order valence-corrected chi connectivity index (χ0v) is 12.5. The lowest BCUT2D eigenvalue weighted by molar-refractivity contribution is 0.503. The summed E-state index contributed by atoms with van der Waals surface area (Å²) in [4.78, 5) is 4.58. The van der Waals surface area contributed by atoms with Gasteiger partial charge in [0, 0.05) is 12.3 Å².